The molecule has 0 fully saturated rings. The standard InChI is InChI=1S/C17H19N3/c1-11-3-8-15-16(9-11)20-17(19-15)10-12(2)13-4-6-14(18)7-5-13/h3-9,12H,10,18H2,1-2H3,(H,19,20). The van der Waals surface area contributed by atoms with Crippen molar-refractivity contribution >= 4 is 16.7 Å². The van der Waals surface area contributed by atoms with Gasteiger partial charge in [0, 0.05) is 12.1 Å². The van der Waals surface area contributed by atoms with Gasteiger partial charge in [0.05, 0.1) is 11.0 Å². The molecule has 0 saturated carbocycles. The van der Waals surface area contributed by atoms with E-state index in [-0.39, 0.29) is 0 Å². The Morgan fingerprint density at radius 3 is 2.65 bits per heavy atom. The maximum Gasteiger partial charge on any atom is 0.107 e. The third-order valence-corrected chi connectivity index (χ3v) is 3.69. The van der Waals surface area contributed by atoms with Gasteiger partial charge >= 0.3 is 0 Å². The zero-order valence-electron chi connectivity index (χ0n) is 11.9. The molecule has 102 valence electrons. The molecule has 1 unspecified atom stereocenters. The Morgan fingerprint density at radius 2 is 1.90 bits per heavy atom. The highest BCUT2D eigenvalue weighted by Gasteiger charge is 2.10. The number of benzene rings is 2. The number of nitrogens with zero attached hydrogens (tertiary/aromatic N) is 1. The molecule has 3 aromatic rings. The fraction of sp³-hybridized carbons (Fsp3) is 0.235. The maximum absolute atomic E-state index is 5.73. The second-order valence-electron chi connectivity index (χ2n) is 5.48. The summed E-state index contributed by atoms with van der Waals surface area (Å²) in [4.78, 5) is 8.07. The molecule has 3 rings (SSSR count). The smallest absolute Gasteiger partial charge is 0.107 e. The molecule has 3 heteroatoms. The van der Waals surface area contributed by atoms with Crippen LogP contribution in [0, 0.1) is 6.92 Å². The molecule has 0 radical (unpaired) electrons. The molecule has 0 aliphatic carbocycles. The van der Waals surface area contributed by atoms with Gasteiger partial charge in [-0.3, -0.25) is 0 Å². The number of nitrogens with one attached hydrogen (secondary N) is 1. The van der Waals surface area contributed by atoms with Crippen molar-refractivity contribution in [2.24, 2.45) is 0 Å². The minimum atomic E-state index is 0.414. The van der Waals surface area contributed by atoms with Crippen molar-refractivity contribution in [3.8, 4) is 0 Å². The molecule has 0 amide bonds. The van der Waals surface area contributed by atoms with E-state index < -0.39 is 0 Å². The lowest BCUT2D eigenvalue weighted by Gasteiger charge is -2.10. The van der Waals surface area contributed by atoms with E-state index in [9.17, 15) is 0 Å². The molecule has 3 nitrogen and oxygen atoms in total. The summed E-state index contributed by atoms with van der Waals surface area (Å²) in [5.41, 5.74) is 11.2. The fourth-order valence-corrected chi connectivity index (χ4v) is 2.51. The Bertz CT molecular complexity index is 726. The van der Waals surface area contributed by atoms with Crippen LogP contribution in [-0.2, 0) is 6.42 Å². The van der Waals surface area contributed by atoms with Crippen LogP contribution in [0.5, 0.6) is 0 Å². The van der Waals surface area contributed by atoms with Crippen molar-refractivity contribution in [2.75, 3.05) is 5.73 Å². The summed E-state index contributed by atoms with van der Waals surface area (Å²) >= 11 is 0. The largest absolute Gasteiger partial charge is 0.399 e. The Balaban J connectivity index is 1.83. The number of rotatable bonds is 3. The monoisotopic (exact) mass is 265 g/mol. The lowest BCUT2D eigenvalue weighted by atomic mass is 9.97. The first kappa shape index (κ1) is 12.7. The summed E-state index contributed by atoms with van der Waals surface area (Å²) in [5, 5.41) is 0. The van der Waals surface area contributed by atoms with E-state index in [1.54, 1.807) is 0 Å². The number of nitrogen functional groups attached to an aromatic ring is 1. The van der Waals surface area contributed by atoms with Crippen LogP contribution in [0.1, 0.15) is 29.8 Å². The predicted molar refractivity (Wildman–Crippen MR) is 83.8 cm³/mol. The molecular formula is C17H19N3. The molecule has 1 aromatic heterocycles. The second kappa shape index (κ2) is 5.00. The van der Waals surface area contributed by atoms with Crippen LogP contribution in [0.2, 0.25) is 0 Å². The van der Waals surface area contributed by atoms with Crippen LogP contribution in [-0.4, -0.2) is 9.97 Å². The van der Waals surface area contributed by atoms with Crippen LogP contribution >= 0.6 is 0 Å². The molecule has 1 heterocycles. The highest BCUT2D eigenvalue weighted by Crippen LogP contribution is 2.22. The number of aromatic amines is 1. The summed E-state index contributed by atoms with van der Waals surface area (Å²) in [6.07, 6.45) is 0.900. The van der Waals surface area contributed by atoms with Gasteiger partial charge in [-0.1, -0.05) is 25.1 Å². The average Bonchev–Trinajstić information content (AvgIpc) is 2.80. The number of fused-ring (bicyclic) bond motifs is 1. The molecule has 1 atom stereocenters. The zero-order valence-corrected chi connectivity index (χ0v) is 11.9. The summed E-state index contributed by atoms with van der Waals surface area (Å²) in [5.74, 6) is 1.45. The van der Waals surface area contributed by atoms with Crippen molar-refractivity contribution in [3.05, 3.63) is 59.4 Å². The van der Waals surface area contributed by atoms with Crippen LogP contribution in [0.25, 0.3) is 11.0 Å². The van der Waals surface area contributed by atoms with Gasteiger partial charge in [-0.05, 0) is 48.2 Å². The van der Waals surface area contributed by atoms with E-state index >= 15 is 0 Å². The van der Waals surface area contributed by atoms with Gasteiger partial charge in [-0.2, -0.15) is 0 Å². The molecule has 0 saturated heterocycles. The molecule has 0 aliphatic rings. The fourth-order valence-electron chi connectivity index (χ4n) is 2.51. The molecule has 2 aromatic carbocycles. The molecule has 0 bridgehead atoms. The lowest BCUT2D eigenvalue weighted by Crippen LogP contribution is -2.00. The third-order valence-electron chi connectivity index (χ3n) is 3.69. The number of anilines is 1. The average molecular weight is 265 g/mol. The molecule has 0 spiro atoms. The SMILES string of the molecule is Cc1ccc2nc(CC(C)c3ccc(N)cc3)[nH]c2c1. The Hall–Kier alpha value is -2.29. The number of H-pyrrole nitrogens is 1. The first-order chi connectivity index (χ1) is 9.61. The molecular weight excluding hydrogens is 246 g/mol. The minimum absolute atomic E-state index is 0.414. The van der Waals surface area contributed by atoms with E-state index in [1.165, 1.54) is 11.1 Å². The predicted octanol–water partition coefficient (Wildman–Crippen LogP) is 3.80. The number of nitrogens with two attached hydrogens (primary N) is 1. The molecule has 20 heavy (non-hydrogen) atoms. The quantitative estimate of drug-likeness (QED) is 0.708. The topological polar surface area (TPSA) is 54.7 Å². The number of aromatic nitrogens is 2. The normalized spacial score (nSPS) is 12.7. The highest BCUT2D eigenvalue weighted by atomic mass is 14.9. The lowest BCUT2D eigenvalue weighted by molar-refractivity contribution is 0.729. The van der Waals surface area contributed by atoms with Crippen LogP contribution < -0.4 is 5.73 Å². The van der Waals surface area contributed by atoms with Gasteiger partial charge in [0.25, 0.3) is 0 Å². The maximum atomic E-state index is 5.73. The number of imidazole rings is 1. The van der Waals surface area contributed by atoms with Crippen molar-refractivity contribution < 1.29 is 0 Å². The minimum Gasteiger partial charge on any atom is -0.399 e. The van der Waals surface area contributed by atoms with Gasteiger partial charge in [-0.15, -0.1) is 0 Å². The van der Waals surface area contributed by atoms with Crippen LogP contribution in [0.3, 0.4) is 0 Å². The van der Waals surface area contributed by atoms with Crippen molar-refractivity contribution in [1.82, 2.24) is 9.97 Å². The summed E-state index contributed by atoms with van der Waals surface area (Å²) in [6.45, 7) is 4.31. The van der Waals surface area contributed by atoms with Gasteiger partial charge in [0.1, 0.15) is 5.82 Å². The van der Waals surface area contributed by atoms with Gasteiger partial charge < -0.3 is 10.7 Å². The third kappa shape index (κ3) is 2.52. The van der Waals surface area contributed by atoms with Gasteiger partial charge in [-0.25, -0.2) is 4.98 Å². The van der Waals surface area contributed by atoms with E-state index in [0.29, 0.717) is 5.92 Å². The zero-order chi connectivity index (χ0) is 14.1. The number of aryl methyl sites for hydroxylation is 1. The molecule has 0 aliphatic heterocycles. The Morgan fingerprint density at radius 1 is 1.15 bits per heavy atom. The number of hydrogen-bond donors (Lipinski definition) is 2. The van der Waals surface area contributed by atoms with E-state index in [2.05, 4.69) is 54.1 Å². The summed E-state index contributed by atoms with van der Waals surface area (Å²) in [6, 6.07) is 14.4. The highest BCUT2D eigenvalue weighted by molar-refractivity contribution is 5.75. The summed E-state index contributed by atoms with van der Waals surface area (Å²) < 4.78 is 0. The first-order valence-electron chi connectivity index (χ1n) is 6.92. The van der Waals surface area contributed by atoms with Crippen molar-refractivity contribution in [3.63, 3.8) is 0 Å². The van der Waals surface area contributed by atoms with E-state index in [1.807, 2.05) is 12.1 Å². The van der Waals surface area contributed by atoms with Crippen LogP contribution in [0.15, 0.2) is 42.5 Å². The Labute approximate surface area is 118 Å². The number of hydrogen-bond acceptors (Lipinski definition) is 2. The van der Waals surface area contributed by atoms with E-state index in [4.69, 9.17) is 5.73 Å². The van der Waals surface area contributed by atoms with Crippen LogP contribution in [0.4, 0.5) is 5.69 Å². The van der Waals surface area contributed by atoms with E-state index in [0.717, 1.165) is 29.0 Å². The summed E-state index contributed by atoms with van der Waals surface area (Å²) in [7, 11) is 0. The first-order valence-corrected chi connectivity index (χ1v) is 6.92. The molecule has 3 N–H and O–H groups in total. The van der Waals surface area contributed by atoms with Gasteiger partial charge in [0.2, 0.25) is 0 Å². The van der Waals surface area contributed by atoms with Crippen molar-refractivity contribution in [2.45, 2.75) is 26.2 Å². The van der Waals surface area contributed by atoms with Gasteiger partial charge in [0.15, 0.2) is 0 Å². The Kier molecular flexibility index (Phi) is 3.18. The second-order valence-corrected chi connectivity index (χ2v) is 5.48. The van der Waals surface area contributed by atoms with Crippen molar-refractivity contribution in [1.29, 1.82) is 0 Å².